The van der Waals surface area contributed by atoms with E-state index in [1.165, 1.54) is 12.1 Å². The second-order valence-corrected chi connectivity index (χ2v) is 7.73. The molecule has 7 heteroatoms. The summed E-state index contributed by atoms with van der Waals surface area (Å²) in [6.45, 7) is 2.64. The molecule has 2 aliphatic rings. The topological polar surface area (TPSA) is 96.3 Å². The third-order valence-electron chi connectivity index (χ3n) is 5.87. The van der Waals surface area contributed by atoms with Crippen molar-refractivity contribution in [1.29, 1.82) is 0 Å². The third-order valence-corrected chi connectivity index (χ3v) is 5.87. The Kier molecular flexibility index (Phi) is 5.28. The van der Waals surface area contributed by atoms with Crippen molar-refractivity contribution in [2.75, 3.05) is 18.2 Å². The maximum atomic E-state index is 13.8. The number of phenols is 1. The first-order chi connectivity index (χ1) is 14.5. The zero-order valence-corrected chi connectivity index (χ0v) is 16.9. The van der Waals surface area contributed by atoms with Crippen molar-refractivity contribution in [3.8, 4) is 17.2 Å². The Morgan fingerprint density at radius 1 is 1.10 bits per heavy atom. The van der Waals surface area contributed by atoms with Gasteiger partial charge in [0.1, 0.15) is 11.2 Å². The molecule has 2 aliphatic heterocycles. The monoisotopic (exact) mass is 411 g/mol. The number of carbonyl (C=O) groups excluding carboxylic acids is 1. The number of aliphatic carboxylic acids is 1. The molecular weight excluding hydrogens is 386 g/mol. The highest BCUT2D eigenvalue weighted by atomic mass is 16.7. The van der Waals surface area contributed by atoms with Crippen LogP contribution < -0.4 is 14.4 Å². The number of amides is 1. The Balaban J connectivity index is 1.85. The summed E-state index contributed by atoms with van der Waals surface area (Å²) in [5.74, 6) is -0.882. The number of fused-ring (bicyclic) bond motifs is 2. The van der Waals surface area contributed by atoms with E-state index in [4.69, 9.17) is 9.47 Å². The molecule has 0 spiro atoms. The van der Waals surface area contributed by atoms with Crippen LogP contribution in [0, 0.1) is 0 Å². The van der Waals surface area contributed by atoms with Gasteiger partial charge in [0.25, 0.3) is 0 Å². The number of carboxylic acids is 1. The quantitative estimate of drug-likeness (QED) is 0.642. The number of unbranched alkanes of at least 4 members (excludes halogenated alkanes) is 3. The van der Waals surface area contributed by atoms with Crippen molar-refractivity contribution in [3.63, 3.8) is 0 Å². The van der Waals surface area contributed by atoms with Gasteiger partial charge in [-0.05, 0) is 24.1 Å². The van der Waals surface area contributed by atoms with Gasteiger partial charge in [0.05, 0.1) is 6.42 Å². The number of anilines is 1. The molecule has 7 nitrogen and oxygen atoms in total. The Bertz CT molecular complexity index is 988. The predicted octanol–water partition coefficient (Wildman–Crippen LogP) is 3.81. The van der Waals surface area contributed by atoms with Crippen LogP contribution in [0.2, 0.25) is 0 Å². The fraction of sp³-hybridized carbons (Fsp3) is 0.391. The highest BCUT2D eigenvalue weighted by Crippen LogP contribution is 2.53. The van der Waals surface area contributed by atoms with E-state index in [9.17, 15) is 19.8 Å². The number of nitrogens with zero attached hydrogens (tertiary/aromatic N) is 1. The van der Waals surface area contributed by atoms with Gasteiger partial charge in [0.15, 0.2) is 11.5 Å². The van der Waals surface area contributed by atoms with Gasteiger partial charge in [0.2, 0.25) is 12.7 Å². The first-order valence-electron chi connectivity index (χ1n) is 10.3. The van der Waals surface area contributed by atoms with Gasteiger partial charge in [-0.15, -0.1) is 0 Å². The molecule has 1 atom stereocenters. The molecule has 1 amide bonds. The molecule has 1 unspecified atom stereocenters. The lowest BCUT2D eigenvalue weighted by Gasteiger charge is -2.29. The molecule has 30 heavy (non-hydrogen) atoms. The van der Waals surface area contributed by atoms with Crippen molar-refractivity contribution in [1.82, 2.24) is 0 Å². The van der Waals surface area contributed by atoms with Crippen LogP contribution in [0.1, 0.15) is 50.2 Å². The molecule has 2 aromatic carbocycles. The Morgan fingerprint density at radius 2 is 1.83 bits per heavy atom. The summed E-state index contributed by atoms with van der Waals surface area (Å²) in [4.78, 5) is 27.4. The van der Waals surface area contributed by atoms with E-state index >= 15 is 0 Å². The van der Waals surface area contributed by atoms with E-state index in [0.717, 1.165) is 25.7 Å². The van der Waals surface area contributed by atoms with Crippen LogP contribution >= 0.6 is 0 Å². The molecular formula is C23H25NO6. The average Bonchev–Trinajstić information content (AvgIpc) is 3.26. The molecule has 0 saturated carbocycles. The van der Waals surface area contributed by atoms with E-state index in [0.29, 0.717) is 29.3 Å². The first kappa shape index (κ1) is 20.1. The van der Waals surface area contributed by atoms with Gasteiger partial charge in [0, 0.05) is 23.9 Å². The number of carbonyl (C=O) groups is 2. The summed E-state index contributed by atoms with van der Waals surface area (Å²) >= 11 is 0. The van der Waals surface area contributed by atoms with Crippen LogP contribution in [-0.4, -0.2) is 35.4 Å². The summed E-state index contributed by atoms with van der Waals surface area (Å²) in [6, 6.07) is 10.2. The standard InChI is InChI=1S/C23H25NO6/c1-2-3-4-7-10-24-17-9-6-5-8-15(17)23(22(24)28,13-21(26)27)16-11-19-20(12-18(16)25)30-14-29-19/h5-6,8-9,11-12,25H,2-4,7,10,13-14H2,1H3,(H,26,27). The molecule has 2 aromatic rings. The number of carboxylic acid groups (broad SMARTS) is 1. The largest absolute Gasteiger partial charge is 0.507 e. The number of benzene rings is 2. The highest BCUT2D eigenvalue weighted by molar-refractivity contribution is 6.12. The van der Waals surface area contributed by atoms with E-state index in [-0.39, 0.29) is 24.0 Å². The molecule has 0 bridgehead atoms. The molecule has 0 saturated heterocycles. The smallest absolute Gasteiger partial charge is 0.305 e. The van der Waals surface area contributed by atoms with E-state index in [2.05, 4.69) is 6.92 Å². The van der Waals surface area contributed by atoms with Crippen molar-refractivity contribution in [2.24, 2.45) is 0 Å². The van der Waals surface area contributed by atoms with Crippen molar-refractivity contribution >= 4 is 17.6 Å². The van der Waals surface area contributed by atoms with Gasteiger partial charge in [-0.25, -0.2) is 0 Å². The maximum absolute atomic E-state index is 13.8. The summed E-state index contributed by atoms with van der Waals surface area (Å²) < 4.78 is 10.8. The summed E-state index contributed by atoms with van der Waals surface area (Å²) in [5, 5.41) is 20.5. The molecule has 2 heterocycles. The van der Waals surface area contributed by atoms with Gasteiger partial charge in [-0.1, -0.05) is 44.4 Å². The summed E-state index contributed by atoms with van der Waals surface area (Å²) in [5.41, 5.74) is -0.0276. The normalized spacial score (nSPS) is 19.2. The first-order valence-corrected chi connectivity index (χ1v) is 10.3. The van der Waals surface area contributed by atoms with Crippen LogP contribution in [0.3, 0.4) is 0 Å². The third kappa shape index (κ3) is 3.14. The van der Waals surface area contributed by atoms with Crippen molar-refractivity contribution < 1.29 is 29.3 Å². The Hall–Kier alpha value is -3.22. The van der Waals surface area contributed by atoms with Gasteiger partial charge in [-0.2, -0.15) is 0 Å². The second-order valence-electron chi connectivity index (χ2n) is 7.73. The lowest BCUT2D eigenvalue weighted by atomic mass is 9.72. The molecule has 0 fully saturated rings. The van der Waals surface area contributed by atoms with Gasteiger partial charge >= 0.3 is 5.97 Å². The predicted molar refractivity (Wildman–Crippen MR) is 110 cm³/mol. The summed E-state index contributed by atoms with van der Waals surface area (Å²) in [7, 11) is 0. The zero-order chi connectivity index (χ0) is 21.3. The average molecular weight is 411 g/mol. The number of hydrogen-bond acceptors (Lipinski definition) is 5. The highest BCUT2D eigenvalue weighted by Gasteiger charge is 2.54. The van der Waals surface area contributed by atoms with Crippen LogP contribution in [0.15, 0.2) is 36.4 Å². The zero-order valence-electron chi connectivity index (χ0n) is 16.9. The number of para-hydroxylation sites is 1. The van der Waals surface area contributed by atoms with Crippen molar-refractivity contribution in [3.05, 3.63) is 47.5 Å². The fourth-order valence-electron chi connectivity index (χ4n) is 4.47. The molecule has 0 aliphatic carbocycles. The van der Waals surface area contributed by atoms with Gasteiger partial charge in [-0.3, -0.25) is 9.59 Å². The van der Waals surface area contributed by atoms with Crippen LogP contribution in [0.4, 0.5) is 5.69 Å². The molecule has 2 N–H and O–H groups in total. The van der Waals surface area contributed by atoms with E-state index < -0.39 is 17.8 Å². The minimum Gasteiger partial charge on any atom is -0.507 e. The summed E-state index contributed by atoms with van der Waals surface area (Å²) in [6.07, 6.45) is 3.50. The number of hydrogen-bond donors (Lipinski definition) is 2. The van der Waals surface area contributed by atoms with E-state index in [1.54, 1.807) is 17.0 Å². The minimum atomic E-state index is -1.53. The lowest BCUT2D eigenvalue weighted by Crippen LogP contribution is -2.43. The van der Waals surface area contributed by atoms with Crippen LogP contribution in [0.25, 0.3) is 0 Å². The van der Waals surface area contributed by atoms with Crippen LogP contribution in [0.5, 0.6) is 17.2 Å². The lowest BCUT2D eigenvalue weighted by molar-refractivity contribution is -0.140. The van der Waals surface area contributed by atoms with Gasteiger partial charge < -0.3 is 24.6 Å². The maximum Gasteiger partial charge on any atom is 0.305 e. The second kappa shape index (κ2) is 7.89. The number of ether oxygens (including phenoxy) is 2. The SMILES string of the molecule is CCCCCCN1C(=O)C(CC(=O)O)(c2cc3c(cc2O)OCO3)c2ccccc21. The number of phenolic OH excluding ortho intramolecular Hbond substituents is 1. The van der Waals surface area contributed by atoms with E-state index in [1.807, 2.05) is 12.1 Å². The number of rotatable bonds is 8. The Morgan fingerprint density at radius 3 is 2.57 bits per heavy atom. The van der Waals surface area contributed by atoms with Crippen LogP contribution in [-0.2, 0) is 15.0 Å². The Labute approximate surface area is 174 Å². The fourth-order valence-corrected chi connectivity index (χ4v) is 4.47. The minimum absolute atomic E-state index is 0.0121. The molecule has 4 rings (SSSR count). The number of aromatic hydroxyl groups is 1. The molecule has 0 aromatic heterocycles. The van der Waals surface area contributed by atoms with Crippen molar-refractivity contribution in [2.45, 2.75) is 44.4 Å². The molecule has 158 valence electrons. The molecule has 0 radical (unpaired) electrons.